The molecular weight excluding hydrogens is 494 g/mol. The summed E-state index contributed by atoms with van der Waals surface area (Å²) in [4.78, 5) is 27.5. The van der Waals surface area contributed by atoms with E-state index in [1.807, 2.05) is 54.9 Å². The van der Waals surface area contributed by atoms with Crippen molar-refractivity contribution in [2.24, 2.45) is 7.05 Å². The van der Waals surface area contributed by atoms with Crippen molar-refractivity contribution >= 4 is 39.5 Å². The van der Waals surface area contributed by atoms with Crippen molar-refractivity contribution in [1.29, 1.82) is 0 Å². The van der Waals surface area contributed by atoms with E-state index in [9.17, 15) is 0 Å². The number of nitrogens with zero attached hydrogens (tertiary/aromatic N) is 8. The first-order chi connectivity index (χ1) is 19.1. The number of rotatable bonds is 5. The number of aromatic nitrogens is 6. The van der Waals surface area contributed by atoms with Crippen molar-refractivity contribution in [3.8, 4) is 11.5 Å². The molecule has 39 heavy (non-hydrogen) atoms. The van der Waals surface area contributed by atoms with Gasteiger partial charge in [0.2, 0.25) is 5.95 Å². The van der Waals surface area contributed by atoms with Crippen molar-refractivity contribution in [2.75, 3.05) is 49.6 Å². The Morgan fingerprint density at radius 3 is 2.87 bits per heavy atom. The largest absolute Gasteiger partial charge is 0.457 e. The van der Waals surface area contributed by atoms with E-state index in [0.29, 0.717) is 28.8 Å². The van der Waals surface area contributed by atoms with Gasteiger partial charge in [-0.25, -0.2) is 24.9 Å². The van der Waals surface area contributed by atoms with Gasteiger partial charge in [-0.3, -0.25) is 4.90 Å². The lowest BCUT2D eigenvalue weighted by atomic mass is 10.1. The number of aryl methyl sites for hydroxylation is 2. The highest BCUT2D eigenvalue weighted by Crippen LogP contribution is 2.31. The minimum absolute atomic E-state index is 0.367. The van der Waals surface area contributed by atoms with Gasteiger partial charge < -0.3 is 24.3 Å². The molecular formula is C28H29N9O2. The lowest BCUT2D eigenvalue weighted by Gasteiger charge is -2.43. The number of hydrogen-bond donors (Lipinski definition) is 1. The summed E-state index contributed by atoms with van der Waals surface area (Å²) in [5.41, 5.74) is 5.21. The van der Waals surface area contributed by atoms with E-state index >= 15 is 0 Å². The van der Waals surface area contributed by atoms with Crippen molar-refractivity contribution < 1.29 is 9.47 Å². The Bertz CT molecular complexity index is 1670. The molecule has 11 nitrogen and oxygen atoms in total. The standard InChI is InChI=1S/C28H29N9O2/c1-18-11-19(3-6-25(18)39-21-4-5-24-22(12-21)32-17-35(24)2)33-27-26-23(30-16-31-27)13-29-28(34-26)37-8-7-36-9-10-38-15-20(36)14-37/h3-6,11-13,16-17,20H,7-10,14-15H2,1-2H3,(H,30,31,33)/t20-/m0/s1. The minimum Gasteiger partial charge on any atom is -0.457 e. The maximum absolute atomic E-state index is 6.18. The molecule has 2 aliphatic heterocycles. The zero-order chi connectivity index (χ0) is 26.3. The van der Waals surface area contributed by atoms with Crippen molar-refractivity contribution in [3.05, 3.63) is 60.8 Å². The zero-order valence-corrected chi connectivity index (χ0v) is 21.9. The second-order valence-electron chi connectivity index (χ2n) is 10.1. The van der Waals surface area contributed by atoms with Gasteiger partial charge in [0.15, 0.2) is 5.82 Å². The molecule has 3 aromatic heterocycles. The minimum atomic E-state index is 0.367. The summed E-state index contributed by atoms with van der Waals surface area (Å²) in [6.45, 7) is 7.27. The molecule has 2 fully saturated rings. The smallest absolute Gasteiger partial charge is 0.226 e. The summed E-state index contributed by atoms with van der Waals surface area (Å²) < 4.78 is 13.9. The van der Waals surface area contributed by atoms with E-state index in [1.165, 1.54) is 6.33 Å². The molecule has 0 spiro atoms. The van der Waals surface area contributed by atoms with Gasteiger partial charge in [-0.1, -0.05) is 0 Å². The first-order valence-corrected chi connectivity index (χ1v) is 13.1. The van der Waals surface area contributed by atoms with Crippen molar-refractivity contribution in [3.63, 3.8) is 0 Å². The fourth-order valence-corrected chi connectivity index (χ4v) is 5.30. The molecule has 1 atom stereocenters. The van der Waals surface area contributed by atoms with Crippen LogP contribution in [0.3, 0.4) is 0 Å². The summed E-state index contributed by atoms with van der Waals surface area (Å²) in [5, 5.41) is 3.42. The molecule has 0 amide bonds. The molecule has 0 radical (unpaired) electrons. The van der Waals surface area contributed by atoms with Gasteiger partial charge in [0.1, 0.15) is 28.9 Å². The van der Waals surface area contributed by atoms with E-state index in [4.69, 9.17) is 14.5 Å². The van der Waals surface area contributed by atoms with E-state index in [-0.39, 0.29) is 0 Å². The van der Waals surface area contributed by atoms with Crippen molar-refractivity contribution in [1.82, 2.24) is 34.4 Å². The first-order valence-electron chi connectivity index (χ1n) is 13.1. The summed E-state index contributed by atoms with van der Waals surface area (Å²) in [6, 6.07) is 12.3. The molecule has 0 saturated carbocycles. The van der Waals surface area contributed by atoms with Crippen LogP contribution < -0.4 is 15.0 Å². The highest BCUT2D eigenvalue weighted by Gasteiger charge is 2.30. The Hall–Kier alpha value is -4.35. The molecule has 0 unspecified atom stereocenters. The van der Waals surface area contributed by atoms with Crippen LogP contribution in [0.5, 0.6) is 11.5 Å². The van der Waals surface area contributed by atoms with Crippen LogP contribution in [0.2, 0.25) is 0 Å². The second kappa shape index (κ2) is 9.75. The Kier molecular flexibility index (Phi) is 5.94. The number of anilines is 3. The molecule has 2 aromatic carbocycles. The molecule has 1 N–H and O–H groups in total. The van der Waals surface area contributed by atoms with Gasteiger partial charge in [-0.15, -0.1) is 0 Å². The third-order valence-corrected chi connectivity index (χ3v) is 7.45. The average molecular weight is 524 g/mol. The Morgan fingerprint density at radius 1 is 1.00 bits per heavy atom. The molecule has 2 aliphatic rings. The third kappa shape index (κ3) is 4.59. The molecule has 7 rings (SSSR count). The van der Waals surface area contributed by atoms with Crippen LogP contribution in [0.1, 0.15) is 5.56 Å². The van der Waals surface area contributed by atoms with Gasteiger partial charge in [-0.2, -0.15) is 0 Å². The Morgan fingerprint density at radius 2 is 1.95 bits per heavy atom. The van der Waals surface area contributed by atoms with E-state index in [1.54, 1.807) is 12.5 Å². The van der Waals surface area contributed by atoms with Crippen LogP contribution in [-0.2, 0) is 11.8 Å². The monoisotopic (exact) mass is 523 g/mol. The SMILES string of the molecule is Cc1cc(Nc2ncnc3cnc(N4CCN5CCOC[C@@H]5C4)nc23)ccc1Oc1ccc2c(c1)ncn2C. The lowest BCUT2D eigenvalue weighted by Crippen LogP contribution is -2.58. The molecule has 2 saturated heterocycles. The highest BCUT2D eigenvalue weighted by atomic mass is 16.5. The van der Waals surface area contributed by atoms with Gasteiger partial charge in [0, 0.05) is 45.0 Å². The number of morpholine rings is 1. The predicted molar refractivity (Wildman–Crippen MR) is 149 cm³/mol. The predicted octanol–water partition coefficient (Wildman–Crippen LogP) is 3.67. The first kappa shape index (κ1) is 23.7. The van der Waals surface area contributed by atoms with Crippen LogP contribution >= 0.6 is 0 Å². The lowest BCUT2D eigenvalue weighted by molar-refractivity contribution is -0.0118. The van der Waals surface area contributed by atoms with Gasteiger partial charge in [0.25, 0.3) is 0 Å². The summed E-state index contributed by atoms with van der Waals surface area (Å²) >= 11 is 0. The third-order valence-electron chi connectivity index (χ3n) is 7.45. The van der Waals surface area contributed by atoms with E-state index < -0.39 is 0 Å². The topological polar surface area (TPSA) is 106 Å². The summed E-state index contributed by atoms with van der Waals surface area (Å²) in [5.74, 6) is 2.85. The number of piperazine rings is 1. The molecule has 0 aliphatic carbocycles. The Labute approximate surface area is 225 Å². The van der Waals surface area contributed by atoms with Crippen LogP contribution in [0.25, 0.3) is 22.1 Å². The van der Waals surface area contributed by atoms with Crippen LogP contribution in [0.4, 0.5) is 17.5 Å². The zero-order valence-electron chi connectivity index (χ0n) is 21.9. The second-order valence-corrected chi connectivity index (χ2v) is 10.1. The average Bonchev–Trinajstić information content (AvgIpc) is 3.34. The van der Waals surface area contributed by atoms with E-state index in [0.717, 1.165) is 73.2 Å². The fourth-order valence-electron chi connectivity index (χ4n) is 5.30. The number of imidazole rings is 1. The van der Waals surface area contributed by atoms with Gasteiger partial charge in [-0.05, 0) is 42.8 Å². The molecule has 0 bridgehead atoms. The number of ether oxygens (including phenoxy) is 2. The highest BCUT2D eigenvalue weighted by molar-refractivity contribution is 5.87. The number of nitrogens with one attached hydrogen (secondary N) is 1. The van der Waals surface area contributed by atoms with Crippen LogP contribution in [0.15, 0.2) is 55.2 Å². The number of benzene rings is 2. The van der Waals surface area contributed by atoms with Crippen LogP contribution in [0, 0.1) is 6.92 Å². The maximum atomic E-state index is 6.18. The number of hydrogen-bond acceptors (Lipinski definition) is 10. The van der Waals surface area contributed by atoms with E-state index in [2.05, 4.69) is 35.1 Å². The summed E-state index contributed by atoms with van der Waals surface area (Å²) in [7, 11) is 1.98. The van der Waals surface area contributed by atoms with Gasteiger partial charge in [0.05, 0.1) is 42.8 Å². The molecule has 5 heterocycles. The Balaban J connectivity index is 1.11. The molecule has 198 valence electrons. The molecule has 5 aromatic rings. The summed E-state index contributed by atoms with van der Waals surface area (Å²) in [6.07, 6.45) is 5.11. The molecule has 11 heteroatoms. The van der Waals surface area contributed by atoms with Gasteiger partial charge >= 0.3 is 0 Å². The normalized spacial score (nSPS) is 17.9. The fraction of sp³-hybridized carbons (Fsp3) is 0.321. The number of fused-ring (bicyclic) bond motifs is 3. The van der Waals surface area contributed by atoms with Crippen LogP contribution in [-0.4, -0.2) is 79.8 Å². The maximum Gasteiger partial charge on any atom is 0.226 e. The van der Waals surface area contributed by atoms with Crippen molar-refractivity contribution in [2.45, 2.75) is 13.0 Å². The quantitative estimate of drug-likeness (QED) is 0.367.